The van der Waals surface area contributed by atoms with Gasteiger partial charge >= 0.3 is 0 Å². The summed E-state index contributed by atoms with van der Waals surface area (Å²) in [7, 11) is 0. The number of nitrogens with one attached hydrogen (secondary N) is 1. The summed E-state index contributed by atoms with van der Waals surface area (Å²) in [5, 5.41) is 3.52. The summed E-state index contributed by atoms with van der Waals surface area (Å²) in [5.74, 6) is -0.0787. The number of carbonyl (C=O) groups is 1. The Kier molecular flexibility index (Phi) is 4.11. The minimum Gasteiger partial charge on any atom is -0.369 e. The number of anilines is 1. The van der Waals surface area contributed by atoms with Crippen LogP contribution in [-0.4, -0.2) is 25.5 Å². The molecule has 0 bridgehead atoms. The molecule has 2 aromatic carbocycles. The maximum Gasteiger partial charge on any atom is 0.251 e. The van der Waals surface area contributed by atoms with Gasteiger partial charge in [-0.05, 0) is 36.2 Å². The summed E-state index contributed by atoms with van der Waals surface area (Å²) >= 11 is 5.89. The molecule has 0 aliphatic carbocycles. The van der Waals surface area contributed by atoms with Crippen LogP contribution in [0.5, 0.6) is 0 Å². The zero-order valence-electron chi connectivity index (χ0n) is 11.7. The Hall–Kier alpha value is -2.00. The summed E-state index contributed by atoms with van der Waals surface area (Å²) < 4.78 is 0. The van der Waals surface area contributed by atoms with Crippen LogP contribution in [0.3, 0.4) is 0 Å². The number of carbonyl (C=O) groups excluding carboxylic acids is 1. The number of fused-ring (bicyclic) bond motifs is 1. The van der Waals surface area contributed by atoms with Gasteiger partial charge in [-0.25, -0.2) is 0 Å². The van der Waals surface area contributed by atoms with Crippen LogP contribution in [0.1, 0.15) is 15.9 Å². The second kappa shape index (κ2) is 6.19. The average Bonchev–Trinajstić information content (AvgIpc) is 2.91. The molecule has 3 rings (SSSR count). The Morgan fingerprint density at radius 2 is 2.05 bits per heavy atom. The topological polar surface area (TPSA) is 32.3 Å². The van der Waals surface area contributed by atoms with Gasteiger partial charge in [-0.3, -0.25) is 4.79 Å². The van der Waals surface area contributed by atoms with E-state index < -0.39 is 0 Å². The molecule has 0 radical (unpaired) electrons. The number of halogens is 1. The Balaban J connectivity index is 1.54. The molecule has 108 valence electrons. The Morgan fingerprint density at radius 1 is 1.19 bits per heavy atom. The van der Waals surface area contributed by atoms with Gasteiger partial charge in [0.15, 0.2) is 0 Å². The van der Waals surface area contributed by atoms with Gasteiger partial charge in [0.2, 0.25) is 0 Å². The Morgan fingerprint density at radius 3 is 2.90 bits per heavy atom. The highest BCUT2D eigenvalue weighted by Crippen LogP contribution is 2.26. The first-order chi connectivity index (χ1) is 10.2. The van der Waals surface area contributed by atoms with Gasteiger partial charge in [-0.1, -0.05) is 35.9 Å². The van der Waals surface area contributed by atoms with Crippen molar-refractivity contribution in [3.63, 3.8) is 0 Å². The quantitative estimate of drug-likeness (QED) is 0.941. The first kappa shape index (κ1) is 14.0. The van der Waals surface area contributed by atoms with E-state index in [4.69, 9.17) is 11.6 Å². The molecule has 21 heavy (non-hydrogen) atoms. The smallest absolute Gasteiger partial charge is 0.251 e. The number of hydrogen-bond donors (Lipinski definition) is 1. The lowest BCUT2D eigenvalue weighted by Gasteiger charge is -2.19. The standard InChI is InChI=1S/C17H17ClN2O/c18-15-6-3-5-14(12-15)17(21)19-9-11-20-10-8-13-4-1-2-7-16(13)20/h1-7,12H,8-11H2,(H,19,21). The van der Waals surface area contributed by atoms with Crippen molar-refractivity contribution < 1.29 is 4.79 Å². The molecule has 0 fully saturated rings. The average molecular weight is 301 g/mol. The number of nitrogens with zero attached hydrogens (tertiary/aromatic N) is 1. The van der Waals surface area contributed by atoms with E-state index in [0.29, 0.717) is 17.1 Å². The summed E-state index contributed by atoms with van der Waals surface area (Å²) in [6.07, 6.45) is 1.08. The maximum atomic E-state index is 12.0. The minimum atomic E-state index is -0.0787. The van der Waals surface area contributed by atoms with E-state index in [-0.39, 0.29) is 5.91 Å². The first-order valence-corrected chi connectivity index (χ1v) is 7.48. The normalized spacial score (nSPS) is 13.1. The SMILES string of the molecule is O=C(NCCN1CCc2ccccc21)c1cccc(Cl)c1. The predicted octanol–water partition coefficient (Wildman–Crippen LogP) is 3.13. The summed E-state index contributed by atoms with van der Waals surface area (Å²) in [6, 6.07) is 15.4. The van der Waals surface area contributed by atoms with Crippen molar-refractivity contribution >= 4 is 23.2 Å². The molecular formula is C17H17ClN2O. The number of hydrogen-bond acceptors (Lipinski definition) is 2. The van der Waals surface area contributed by atoms with E-state index >= 15 is 0 Å². The van der Waals surface area contributed by atoms with Gasteiger partial charge in [0.05, 0.1) is 0 Å². The van der Waals surface area contributed by atoms with Crippen LogP contribution in [0.25, 0.3) is 0 Å². The number of rotatable bonds is 4. The lowest BCUT2D eigenvalue weighted by molar-refractivity contribution is 0.0954. The molecule has 0 atom stereocenters. The molecule has 1 heterocycles. The van der Waals surface area contributed by atoms with E-state index in [0.717, 1.165) is 19.5 Å². The minimum absolute atomic E-state index is 0.0787. The summed E-state index contributed by atoms with van der Waals surface area (Å²) in [6.45, 7) is 2.47. The number of amides is 1. The fraction of sp³-hybridized carbons (Fsp3) is 0.235. The van der Waals surface area contributed by atoms with Crippen LogP contribution in [0, 0.1) is 0 Å². The van der Waals surface area contributed by atoms with Crippen LogP contribution < -0.4 is 10.2 Å². The summed E-state index contributed by atoms with van der Waals surface area (Å²) in [4.78, 5) is 14.3. The molecule has 0 spiro atoms. The molecule has 1 N–H and O–H groups in total. The van der Waals surface area contributed by atoms with Gasteiger partial charge in [0, 0.05) is 35.9 Å². The largest absolute Gasteiger partial charge is 0.369 e. The van der Waals surface area contributed by atoms with Crippen molar-refractivity contribution in [1.82, 2.24) is 5.32 Å². The van der Waals surface area contributed by atoms with Crippen molar-refractivity contribution in [2.75, 3.05) is 24.5 Å². The van der Waals surface area contributed by atoms with Crippen LogP contribution in [-0.2, 0) is 6.42 Å². The van der Waals surface area contributed by atoms with Crippen molar-refractivity contribution in [2.24, 2.45) is 0 Å². The zero-order valence-corrected chi connectivity index (χ0v) is 12.4. The number of benzene rings is 2. The van der Waals surface area contributed by atoms with E-state index in [1.54, 1.807) is 24.3 Å². The van der Waals surface area contributed by atoms with Crippen LogP contribution in [0.4, 0.5) is 5.69 Å². The van der Waals surface area contributed by atoms with Gasteiger partial charge in [-0.2, -0.15) is 0 Å². The molecule has 1 aliphatic heterocycles. The van der Waals surface area contributed by atoms with E-state index in [2.05, 4.69) is 34.5 Å². The van der Waals surface area contributed by atoms with Gasteiger partial charge in [0.1, 0.15) is 0 Å². The van der Waals surface area contributed by atoms with Gasteiger partial charge in [0.25, 0.3) is 5.91 Å². The van der Waals surface area contributed by atoms with E-state index in [1.807, 2.05) is 0 Å². The van der Waals surface area contributed by atoms with Crippen molar-refractivity contribution in [1.29, 1.82) is 0 Å². The van der Waals surface area contributed by atoms with Gasteiger partial charge < -0.3 is 10.2 Å². The molecule has 1 aliphatic rings. The van der Waals surface area contributed by atoms with E-state index in [9.17, 15) is 4.79 Å². The summed E-state index contributed by atoms with van der Waals surface area (Å²) in [5.41, 5.74) is 3.28. The van der Waals surface area contributed by atoms with Crippen molar-refractivity contribution in [3.05, 3.63) is 64.7 Å². The fourth-order valence-electron chi connectivity index (χ4n) is 2.68. The molecule has 0 aromatic heterocycles. The molecular weight excluding hydrogens is 284 g/mol. The van der Waals surface area contributed by atoms with Crippen LogP contribution in [0.15, 0.2) is 48.5 Å². The highest BCUT2D eigenvalue weighted by atomic mass is 35.5. The third-order valence-electron chi connectivity index (χ3n) is 3.74. The predicted molar refractivity (Wildman–Crippen MR) is 86.1 cm³/mol. The van der Waals surface area contributed by atoms with Crippen LogP contribution in [0.2, 0.25) is 5.02 Å². The lowest BCUT2D eigenvalue weighted by Crippen LogP contribution is -2.34. The Bertz CT molecular complexity index is 657. The highest BCUT2D eigenvalue weighted by molar-refractivity contribution is 6.30. The van der Waals surface area contributed by atoms with Crippen molar-refractivity contribution in [2.45, 2.75) is 6.42 Å². The first-order valence-electron chi connectivity index (χ1n) is 7.10. The molecule has 0 unspecified atom stereocenters. The molecule has 3 nitrogen and oxygen atoms in total. The molecule has 1 amide bonds. The van der Waals surface area contributed by atoms with Crippen LogP contribution >= 0.6 is 11.6 Å². The third kappa shape index (κ3) is 3.19. The zero-order chi connectivity index (χ0) is 14.7. The molecule has 4 heteroatoms. The van der Waals surface area contributed by atoms with Gasteiger partial charge in [-0.15, -0.1) is 0 Å². The molecule has 0 saturated carbocycles. The van der Waals surface area contributed by atoms with E-state index in [1.165, 1.54) is 11.3 Å². The number of para-hydroxylation sites is 1. The second-order valence-electron chi connectivity index (χ2n) is 5.13. The highest BCUT2D eigenvalue weighted by Gasteiger charge is 2.17. The second-order valence-corrected chi connectivity index (χ2v) is 5.57. The Labute approximate surface area is 129 Å². The molecule has 2 aromatic rings. The third-order valence-corrected chi connectivity index (χ3v) is 3.97. The lowest BCUT2D eigenvalue weighted by atomic mass is 10.2. The maximum absolute atomic E-state index is 12.0. The fourth-order valence-corrected chi connectivity index (χ4v) is 2.87. The molecule has 0 saturated heterocycles. The monoisotopic (exact) mass is 300 g/mol. The van der Waals surface area contributed by atoms with Crippen molar-refractivity contribution in [3.8, 4) is 0 Å².